The Morgan fingerprint density at radius 1 is 1.53 bits per heavy atom. The second-order valence-corrected chi connectivity index (χ2v) is 7.75. The standard InChI is InChI=1S/C11H11N5OS2/c1-11(2)3-5-6(4-18-11)19-9-7(5)8(17)13-10(14-9)15-16-12/h3-4H2,1-2H3,(H,13,14,17). The van der Waals surface area contributed by atoms with Crippen molar-refractivity contribution in [3.05, 3.63) is 31.2 Å². The third-order valence-corrected chi connectivity index (χ3v) is 5.74. The number of nitrogens with one attached hydrogen (secondary N) is 1. The Hall–Kier alpha value is -1.50. The highest BCUT2D eigenvalue weighted by atomic mass is 32.2. The molecule has 2 aromatic heterocycles. The van der Waals surface area contributed by atoms with Crippen LogP contribution in [0.5, 0.6) is 0 Å². The van der Waals surface area contributed by atoms with E-state index in [0.717, 1.165) is 17.7 Å². The Balaban J connectivity index is 2.28. The van der Waals surface area contributed by atoms with Crippen molar-refractivity contribution in [2.24, 2.45) is 5.11 Å². The van der Waals surface area contributed by atoms with Gasteiger partial charge in [0.25, 0.3) is 5.56 Å². The van der Waals surface area contributed by atoms with Gasteiger partial charge in [-0.05, 0) is 22.6 Å². The number of fused-ring (bicyclic) bond motifs is 3. The summed E-state index contributed by atoms with van der Waals surface area (Å²) in [4.78, 5) is 23.4. The van der Waals surface area contributed by atoms with Crippen LogP contribution in [0.2, 0.25) is 0 Å². The van der Waals surface area contributed by atoms with Gasteiger partial charge in [0.05, 0.1) is 5.39 Å². The van der Waals surface area contributed by atoms with E-state index < -0.39 is 0 Å². The zero-order valence-electron chi connectivity index (χ0n) is 10.4. The zero-order chi connectivity index (χ0) is 13.6. The van der Waals surface area contributed by atoms with Crippen LogP contribution in [0.4, 0.5) is 5.95 Å². The first-order valence-corrected chi connectivity index (χ1v) is 7.54. The molecule has 0 aromatic carbocycles. The molecule has 98 valence electrons. The number of azide groups is 1. The molecular formula is C11H11N5OS2. The number of aromatic nitrogens is 2. The van der Waals surface area contributed by atoms with Crippen molar-refractivity contribution in [3.8, 4) is 0 Å². The fourth-order valence-corrected chi connectivity index (χ4v) is 4.57. The summed E-state index contributed by atoms with van der Waals surface area (Å²) in [7, 11) is 0. The number of thiophene rings is 1. The number of thioether (sulfide) groups is 1. The Labute approximate surface area is 116 Å². The molecule has 8 heteroatoms. The van der Waals surface area contributed by atoms with Gasteiger partial charge in [-0.1, -0.05) is 13.8 Å². The normalized spacial score (nSPS) is 16.9. The van der Waals surface area contributed by atoms with Crippen LogP contribution in [-0.4, -0.2) is 14.7 Å². The lowest BCUT2D eigenvalue weighted by molar-refractivity contribution is 0.699. The molecule has 0 saturated carbocycles. The second-order valence-electron chi connectivity index (χ2n) is 4.99. The molecule has 0 radical (unpaired) electrons. The van der Waals surface area contributed by atoms with E-state index in [2.05, 4.69) is 33.8 Å². The summed E-state index contributed by atoms with van der Waals surface area (Å²) < 4.78 is 0.136. The maximum absolute atomic E-state index is 12.1. The van der Waals surface area contributed by atoms with E-state index in [1.54, 1.807) is 0 Å². The largest absolute Gasteiger partial charge is 0.305 e. The molecule has 0 fully saturated rings. The lowest BCUT2D eigenvalue weighted by Gasteiger charge is -2.28. The first-order valence-electron chi connectivity index (χ1n) is 5.74. The molecule has 0 bridgehead atoms. The van der Waals surface area contributed by atoms with Crippen molar-refractivity contribution in [1.82, 2.24) is 9.97 Å². The van der Waals surface area contributed by atoms with Gasteiger partial charge in [-0.3, -0.25) is 4.79 Å². The van der Waals surface area contributed by atoms with Crippen LogP contribution in [0.15, 0.2) is 9.91 Å². The molecule has 0 atom stereocenters. The molecule has 0 amide bonds. The highest BCUT2D eigenvalue weighted by Gasteiger charge is 2.30. The quantitative estimate of drug-likeness (QED) is 0.495. The summed E-state index contributed by atoms with van der Waals surface area (Å²) in [5, 5.41) is 4.03. The molecule has 0 saturated heterocycles. The molecule has 1 aliphatic heterocycles. The minimum atomic E-state index is -0.215. The van der Waals surface area contributed by atoms with Gasteiger partial charge < -0.3 is 4.98 Å². The van der Waals surface area contributed by atoms with Crippen molar-refractivity contribution < 1.29 is 0 Å². The number of rotatable bonds is 1. The van der Waals surface area contributed by atoms with Crippen LogP contribution in [0.3, 0.4) is 0 Å². The summed E-state index contributed by atoms with van der Waals surface area (Å²) in [6.45, 7) is 4.36. The highest BCUT2D eigenvalue weighted by molar-refractivity contribution is 8.00. The van der Waals surface area contributed by atoms with Crippen LogP contribution in [0, 0.1) is 0 Å². The van der Waals surface area contributed by atoms with Crippen LogP contribution in [0.25, 0.3) is 20.7 Å². The highest BCUT2D eigenvalue weighted by Crippen LogP contribution is 2.43. The van der Waals surface area contributed by atoms with Crippen molar-refractivity contribution in [2.75, 3.05) is 0 Å². The molecule has 0 aliphatic carbocycles. The third kappa shape index (κ3) is 2.11. The van der Waals surface area contributed by atoms with Crippen LogP contribution >= 0.6 is 23.1 Å². The number of H-pyrrole nitrogens is 1. The van der Waals surface area contributed by atoms with Gasteiger partial charge in [0, 0.05) is 20.3 Å². The molecule has 3 heterocycles. The van der Waals surface area contributed by atoms with Gasteiger partial charge in [-0.15, -0.1) is 23.1 Å². The minimum absolute atomic E-state index is 0.0329. The Morgan fingerprint density at radius 3 is 3.05 bits per heavy atom. The summed E-state index contributed by atoms with van der Waals surface area (Å²) in [5.41, 5.74) is 9.30. The van der Waals surface area contributed by atoms with Crippen LogP contribution in [0.1, 0.15) is 24.3 Å². The van der Waals surface area contributed by atoms with Gasteiger partial charge in [0.15, 0.2) is 5.95 Å². The Bertz CT molecular complexity index is 769. The summed E-state index contributed by atoms with van der Waals surface area (Å²) in [6.07, 6.45) is 0.860. The smallest absolute Gasteiger partial charge is 0.260 e. The Kier molecular flexibility index (Phi) is 2.81. The predicted molar refractivity (Wildman–Crippen MR) is 78.1 cm³/mol. The minimum Gasteiger partial charge on any atom is -0.305 e. The van der Waals surface area contributed by atoms with Crippen molar-refractivity contribution in [2.45, 2.75) is 30.8 Å². The monoisotopic (exact) mass is 293 g/mol. The molecule has 0 spiro atoms. The maximum Gasteiger partial charge on any atom is 0.260 e. The average Bonchev–Trinajstić information content (AvgIpc) is 2.66. The second kappa shape index (κ2) is 4.26. The number of hydrogen-bond donors (Lipinski definition) is 1. The molecule has 1 aliphatic rings. The average molecular weight is 293 g/mol. The van der Waals surface area contributed by atoms with E-state index in [-0.39, 0.29) is 16.3 Å². The molecule has 3 rings (SSSR count). The molecule has 6 nitrogen and oxygen atoms in total. The van der Waals surface area contributed by atoms with Crippen molar-refractivity contribution in [3.63, 3.8) is 0 Å². The van der Waals surface area contributed by atoms with E-state index in [0.29, 0.717) is 10.2 Å². The number of hydrogen-bond acceptors (Lipinski definition) is 5. The first-order chi connectivity index (χ1) is 9.00. The van der Waals surface area contributed by atoms with E-state index in [1.807, 2.05) is 11.8 Å². The Morgan fingerprint density at radius 2 is 2.32 bits per heavy atom. The fourth-order valence-electron chi connectivity index (χ4n) is 2.23. The summed E-state index contributed by atoms with van der Waals surface area (Å²) in [5.74, 6) is 0.935. The van der Waals surface area contributed by atoms with E-state index in [9.17, 15) is 4.79 Å². The van der Waals surface area contributed by atoms with Gasteiger partial charge in [0.1, 0.15) is 4.83 Å². The first kappa shape index (κ1) is 12.5. The van der Waals surface area contributed by atoms with Gasteiger partial charge in [-0.25, -0.2) is 4.98 Å². The maximum atomic E-state index is 12.1. The lowest BCUT2D eigenvalue weighted by Crippen LogP contribution is -2.23. The van der Waals surface area contributed by atoms with Crippen LogP contribution < -0.4 is 5.56 Å². The van der Waals surface area contributed by atoms with Gasteiger partial charge >= 0.3 is 0 Å². The molecule has 0 unspecified atom stereocenters. The summed E-state index contributed by atoms with van der Waals surface area (Å²) >= 11 is 3.41. The van der Waals surface area contributed by atoms with E-state index in [1.165, 1.54) is 16.2 Å². The lowest BCUT2D eigenvalue weighted by atomic mass is 10.00. The third-order valence-electron chi connectivity index (χ3n) is 3.07. The van der Waals surface area contributed by atoms with E-state index in [4.69, 9.17) is 5.53 Å². The zero-order valence-corrected chi connectivity index (χ0v) is 12.1. The molecule has 2 aromatic rings. The topological polar surface area (TPSA) is 94.5 Å². The molecule has 1 N–H and O–H groups in total. The van der Waals surface area contributed by atoms with Gasteiger partial charge in [-0.2, -0.15) is 0 Å². The fraction of sp³-hybridized carbons (Fsp3) is 0.455. The number of aromatic amines is 1. The molecular weight excluding hydrogens is 282 g/mol. The SMILES string of the molecule is CC1(C)Cc2c(sc3nc(N=[N+]=[N-])[nH]c(=O)c23)CS1. The predicted octanol–water partition coefficient (Wildman–Crippen LogP) is 3.49. The number of nitrogens with zero attached hydrogens (tertiary/aromatic N) is 4. The van der Waals surface area contributed by atoms with Gasteiger partial charge in [0.2, 0.25) is 0 Å². The molecule has 19 heavy (non-hydrogen) atoms. The van der Waals surface area contributed by atoms with E-state index >= 15 is 0 Å². The van der Waals surface area contributed by atoms with Crippen molar-refractivity contribution >= 4 is 39.3 Å². The van der Waals surface area contributed by atoms with Crippen LogP contribution in [-0.2, 0) is 12.2 Å². The van der Waals surface area contributed by atoms with Crippen molar-refractivity contribution in [1.29, 1.82) is 0 Å². The summed E-state index contributed by atoms with van der Waals surface area (Å²) in [6, 6.07) is 0.